The fourth-order valence-corrected chi connectivity index (χ4v) is 1.97. The average Bonchev–Trinajstić information content (AvgIpc) is 3.04. The fraction of sp³-hybridized carbons (Fsp3) is 0.357. The Balaban J connectivity index is 2.23. The highest BCUT2D eigenvalue weighted by Crippen LogP contribution is 2.14. The number of nitrogens with zero attached hydrogens (tertiary/aromatic N) is 2. The molecule has 0 unspecified atom stereocenters. The van der Waals surface area contributed by atoms with E-state index in [2.05, 4.69) is 11.9 Å². The minimum absolute atomic E-state index is 0.108. The van der Waals surface area contributed by atoms with Gasteiger partial charge in [0.2, 0.25) is 5.76 Å². The van der Waals surface area contributed by atoms with Crippen molar-refractivity contribution in [3.05, 3.63) is 41.4 Å². The highest BCUT2D eigenvalue weighted by Gasteiger charge is 2.13. The molecular formula is C14H16N2O4. The van der Waals surface area contributed by atoms with Crippen molar-refractivity contribution in [1.29, 1.82) is 0 Å². The van der Waals surface area contributed by atoms with Gasteiger partial charge in [-0.05, 0) is 18.6 Å². The van der Waals surface area contributed by atoms with Gasteiger partial charge in [-0.2, -0.15) is 0 Å². The first-order chi connectivity index (χ1) is 9.65. The van der Waals surface area contributed by atoms with Crippen LogP contribution >= 0.6 is 0 Å². The number of imidazole rings is 1. The third kappa shape index (κ3) is 2.96. The van der Waals surface area contributed by atoms with Gasteiger partial charge in [-0.15, -0.1) is 0 Å². The van der Waals surface area contributed by atoms with E-state index in [1.165, 1.54) is 12.3 Å². The van der Waals surface area contributed by atoms with Crippen LogP contribution in [0.5, 0.6) is 0 Å². The number of carbonyl (C=O) groups is 2. The minimum Gasteiger partial charge on any atom is -0.475 e. The van der Waals surface area contributed by atoms with Gasteiger partial charge < -0.3 is 14.1 Å². The minimum atomic E-state index is -1.11. The van der Waals surface area contributed by atoms with E-state index in [0.29, 0.717) is 18.0 Å². The number of hydrogen-bond acceptors (Lipinski definition) is 4. The van der Waals surface area contributed by atoms with Gasteiger partial charge in [-0.25, -0.2) is 9.78 Å². The molecule has 2 aromatic heterocycles. The molecule has 2 rings (SSSR count). The summed E-state index contributed by atoms with van der Waals surface area (Å²) in [6.07, 6.45) is 5.06. The summed E-state index contributed by atoms with van der Waals surface area (Å²) in [5.74, 6) is 0.0787. The molecule has 0 atom stereocenters. The molecule has 1 N–H and O–H groups in total. The number of aromatic nitrogens is 2. The zero-order valence-corrected chi connectivity index (χ0v) is 11.2. The number of carboxylic acids is 1. The predicted octanol–water partition coefficient (Wildman–Crippen LogP) is 2.38. The standard InChI is InChI=1S/C14H16N2O4/c1-2-3-4-13-15-7-10(9-17)16(13)8-11-5-6-12(20-11)14(18)19/h5-7,9H,2-4,8H2,1H3,(H,18,19). The van der Waals surface area contributed by atoms with Crippen molar-refractivity contribution in [3.63, 3.8) is 0 Å². The van der Waals surface area contributed by atoms with Gasteiger partial charge in [0.15, 0.2) is 6.29 Å². The zero-order valence-electron chi connectivity index (χ0n) is 11.2. The number of hydrogen-bond donors (Lipinski definition) is 1. The van der Waals surface area contributed by atoms with Crippen LogP contribution in [-0.2, 0) is 13.0 Å². The van der Waals surface area contributed by atoms with Gasteiger partial charge in [0.25, 0.3) is 0 Å². The van der Waals surface area contributed by atoms with Crippen LogP contribution in [0.1, 0.15) is 52.4 Å². The molecule has 0 saturated carbocycles. The third-order valence-corrected chi connectivity index (χ3v) is 3.03. The van der Waals surface area contributed by atoms with E-state index in [-0.39, 0.29) is 5.76 Å². The van der Waals surface area contributed by atoms with Crippen molar-refractivity contribution >= 4 is 12.3 Å². The number of aryl methyl sites for hydroxylation is 1. The lowest BCUT2D eigenvalue weighted by atomic mass is 10.2. The third-order valence-electron chi connectivity index (χ3n) is 3.03. The molecule has 0 aliphatic carbocycles. The quantitative estimate of drug-likeness (QED) is 0.785. The molecule has 0 radical (unpaired) electrons. The number of aromatic carboxylic acids is 1. The monoisotopic (exact) mass is 276 g/mol. The maximum atomic E-state index is 11.0. The van der Waals surface area contributed by atoms with Crippen LogP contribution in [0.15, 0.2) is 22.7 Å². The van der Waals surface area contributed by atoms with E-state index in [1.54, 1.807) is 10.6 Å². The Kier molecular flexibility index (Phi) is 4.34. The molecule has 20 heavy (non-hydrogen) atoms. The molecular weight excluding hydrogens is 260 g/mol. The van der Waals surface area contributed by atoms with Crippen LogP contribution in [0.2, 0.25) is 0 Å². The SMILES string of the molecule is CCCCc1ncc(C=O)n1Cc1ccc(C(=O)O)o1. The Hall–Kier alpha value is -2.37. The summed E-state index contributed by atoms with van der Waals surface area (Å²) in [5, 5.41) is 8.83. The Morgan fingerprint density at radius 2 is 2.30 bits per heavy atom. The highest BCUT2D eigenvalue weighted by atomic mass is 16.4. The van der Waals surface area contributed by atoms with Gasteiger partial charge in [0, 0.05) is 6.42 Å². The van der Waals surface area contributed by atoms with Crippen LogP contribution in [0.3, 0.4) is 0 Å². The van der Waals surface area contributed by atoms with Crippen molar-refractivity contribution in [2.24, 2.45) is 0 Å². The first-order valence-electron chi connectivity index (χ1n) is 6.47. The van der Waals surface area contributed by atoms with Gasteiger partial charge in [-0.1, -0.05) is 13.3 Å². The average molecular weight is 276 g/mol. The topological polar surface area (TPSA) is 85.3 Å². The zero-order chi connectivity index (χ0) is 14.5. The molecule has 2 heterocycles. The maximum absolute atomic E-state index is 11.0. The Labute approximate surface area is 116 Å². The van der Waals surface area contributed by atoms with E-state index in [1.807, 2.05) is 0 Å². The van der Waals surface area contributed by atoms with Crippen LogP contribution in [-0.4, -0.2) is 26.9 Å². The molecule has 0 aliphatic heterocycles. The van der Waals surface area contributed by atoms with Crippen molar-refractivity contribution in [1.82, 2.24) is 9.55 Å². The van der Waals surface area contributed by atoms with Gasteiger partial charge in [0.1, 0.15) is 17.3 Å². The Morgan fingerprint density at radius 3 is 2.90 bits per heavy atom. The van der Waals surface area contributed by atoms with Crippen molar-refractivity contribution < 1.29 is 19.1 Å². The summed E-state index contributed by atoms with van der Waals surface area (Å²) in [6.45, 7) is 2.39. The molecule has 6 nitrogen and oxygen atoms in total. The molecule has 106 valence electrons. The summed E-state index contributed by atoms with van der Waals surface area (Å²) in [4.78, 5) is 26.0. The lowest BCUT2D eigenvalue weighted by Gasteiger charge is -2.07. The smallest absolute Gasteiger partial charge is 0.371 e. The van der Waals surface area contributed by atoms with E-state index < -0.39 is 5.97 Å². The molecule has 0 saturated heterocycles. The molecule has 0 aromatic carbocycles. The molecule has 2 aromatic rings. The van der Waals surface area contributed by atoms with E-state index in [9.17, 15) is 9.59 Å². The molecule has 0 amide bonds. The van der Waals surface area contributed by atoms with Crippen molar-refractivity contribution in [3.8, 4) is 0 Å². The lowest BCUT2D eigenvalue weighted by molar-refractivity contribution is 0.0660. The normalized spacial score (nSPS) is 10.7. The number of carbonyl (C=O) groups excluding carboxylic acids is 1. The first-order valence-corrected chi connectivity index (χ1v) is 6.47. The summed E-state index contributed by atoms with van der Waals surface area (Å²) >= 11 is 0. The van der Waals surface area contributed by atoms with Gasteiger partial charge in [0.05, 0.1) is 12.7 Å². The largest absolute Gasteiger partial charge is 0.475 e. The summed E-state index contributed by atoms with van der Waals surface area (Å²) in [7, 11) is 0. The second-order valence-electron chi connectivity index (χ2n) is 4.48. The van der Waals surface area contributed by atoms with E-state index >= 15 is 0 Å². The van der Waals surface area contributed by atoms with E-state index in [4.69, 9.17) is 9.52 Å². The van der Waals surface area contributed by atoms with Crippen LogP contribution < -0.4 is 0 Å². The van der Waals surface area contributed by atoms with Crippen LogP contribution in [0.25, 0.3) is 0 Å². The molecule has 0 aliphatic rings. The van der Waals surface area contributed by atoms with Crippen LogP contribution in [0, 0.1) is 0 Å². The number of rotatable bonds is 7. The van der Waals surface area contributed by atoms with Crippen molar-refractivity contribution in [2.45, 2.75) is 32.7 Å². The predicted molar refractivity (Wildman–Crippen MR) is 71.0 cm³/mol. The number of furan rings is 1. The maximum Gasteiger partial charge on any atom is 0.371 e. The molecule has 6 heteroatoms. The highest BCUT2D eigenvalue weighted by molar-refractivity contribution is 5.84. The molecule has 0 fully saturated rings. The number of carboxylic acid groups (broad SMARTS) is 1. The summed E-state index contributed by atoms with van der Waals surface area (Å²) < 4.78 is 6.97. The lowest BCUT2D eigenvalue weighted by Crippen LogP contribution is -2.08. The van der Waals surface area contributed by atoms with Gasteiger partial charge >= 0.3 is 5.97 Å². The summed E-state index contributed by atoms with van der Waals surface area (Å²) in [6, 6.07) is 3.00. The molecule has 0 bridgehead atoms. The first kappa shape index (κ1) is 14.0. The second kappa shape index (κ2) is 6.18. The van der Waals surface area contributed by atoms with Crippen molar-refractivity contribution in [2.75, 3.05) is 0 Å². The van der Waals surface area contributed by atoms with Crippen LogP contribution in [0.4, 0.5) is 0 Å². The summed E-state index contributed by atoms with van der Waals surface area (Å²) in [5.41, 5.74) is 0.462. The van der Waals surface area contributed by atoms with Gasteiger partial charge in [-0.3, -0.25) is 4.79 Å². The number of unbranched alkanes of at least 4 members (excludes halogenated alkanes) is 1. The fourth-order valence-electron chi connectivity index (χ4n) is 1.97. The second-order valence-corrected chi connectivity index (χ2v) is 4.48. The Bertz CT molecular complexity index is 612. The number of aldehydes is 1. The molecule has 0 spiro atoms. The Morgan fingerprint density at radius 1 is 1.50 bits per heavy atom. The van der Waals surface area contributed by atoms with E-state index in [0.717, 1.165) is 31.4 Å².